The highest BCUT2D eigenvalue weighted by atomic mass is 35.5. The molecule has 0 unspecified atom stereocenters. The maximum atomic E-state index is 13.6. The Morgan fingerprint density at radius 1 is 1.07 bits per heavy atom. The molecule has 0 atom stereocenters. The van der Waals surface area contributed by atoms with E-state index in [-0.39, 0.29) is 30.3 Å². The fourth-order valence-corrected chi connectivity index (χ4v) is 5.52. The van der Waals surface area contributed by atoms with Gasteiger partial charge in [-0.05, 0) is 80.8 Å². The van der Waals surface area contributed by atoms with Crippen LogP contribution >= 0.6 is 12.4 Å². The molecule has 0 aliphatic carbocycles. The molecule has 1 aliphatic rings. The van der Waals surface area contributed by atoms with Crippen LogP contribution in [0.2, 0.25) is 0 Å². The number of nitrogens with zero attached hydrogens (tertiary/aromatic N) is 4. The lowest BCUT2D eigenvalue weighted by Gasteiger charge is -2.33. The van der Waals surface area contributed by atoms with Gasteiger partial charge >= 0.3 is 6.03 Å². The van der Waals surface area contributed by atoms with Crippen molar-refractivity contribution < 1.29 is 26.9 Å². The molecule has 0 spiro atoms. The monoisotopic (exact) mass is 644 g/mol. The molecule has 0 saturated carbocycles. The lowest BCUT2D eigenvalue weighted by molar-refractivity contribution is 0.188. The Morgan fingerprint density at radius 2 is 1.75 bits per heavy atom. The summed E-state index contributed by atoms with van der Waals surface area (Å²) in [5, 5.41) is 7.13. The summed E-state index contributed by atoms with van der Waals surface area (Å²) in [5.74, 6) is 1.08. The quantitative estimate of drug-likeness (QED) is 0.230. The van der Waals surface area contributed by atoms with Gasteiger partial charge in [-0.15, -0.1) is 12.4 Å². The van der Waals surface area contributed by atoms with Crippen LogP contribution in [-0.2, 0) is 16.6 Å². The second kappa shape index (κ2) is 14.1. The molecule has 11 nitrogen and oxygen atoms in total. The summed E-state index contributed by atoms with van der Waals surface area (Å²) in [7, 11) is -3.34. The number of ether oxygens (including phenoxy) is 1. The lowest BCUT2D eigenvalue weighted by Crippen LogP contribution is -2.48. The van der Waals surface area contributed by atoms with Gasteiger partial charge in [-0.3, -0.25) is 14.5 Å². The van der Waals surface area contributed by atoms with Crippen molar-refractivity contribution in [2.75, 3.05) is 29.0 Å². The van der Waals surface area contributed by atoms with Crippen molar-refractivity contribution in [2.24, 2.45) is 0 Å². The zero-order valence-corrected chi connectivity index (χ0v) is 26.1. The highest BCUT2D eigenvalue weighted by molar-refractivity contribution is 7.92. The molecule has 44 heavy (non-hydrogen) atoms. The number of hydrogen-bond acceptors (Lipinski definition) is 8. The van der Waals surface area contributed by atoms with Crippen LogP contribution in [0.5, 0.6) is 11.6 Å². The largest absolute Gasteiger partial charge is 0.439 e. The Kier molecular flexibility index (Phi) is 10.4. The van der Waals surface area contributed by atoms with E-state index >= 15 is 0 Å². The van der Waals surface area contributed by atoms with Gasteiger partial charge in [0.25, 0.3) is 0 Å². The third-order valence-electron chi connectivity index (χ3n) is 7.01. The van der Waals surface area contributed by atoms with Gasteiger partial charge in [-0.25, -0.2) is 22.6 Å². The highest BCUT2D eigenvalue weighted by Gasteiger charge is 2.28. The Morgan fingerprint density at radius 3 is 2.32 bits per heavy atom. The molecule has 4 aromatic rings. The van der Waals surface area contributed by atoms with Crippen LogP contribution in [0.25, 0.3) is 0 Å². The van der Waals surface area contributed by atoms with E-state index in [1.807, 2.05) is 6.07 Å². The normalized spacial score (nSPS) is 14.0. The number of aromatic nitrogens is 2. The number of rotatable bonds is 9. The lowest BCUT2D eigenvalue weighted by atomic mass is 10.0. The van der Waals surface area contributed by atoms with Crippen molar-refractivity contribution in [3.63, 3.8) is 0 Å². The summed E-state index contributed by atoms with van der Waals surface area (Å²) in [6.45, 7) is 5.79. The number of hydrogen-bond donors (Lipinski definition) is 2. The highest BCUT2D eigenvalue weighted by Crippen LogP contribution is 2.32. The minimum absolute atomic E-state index is 0. The summed E-state index contributed by atoms with van der Waals surface area (Å²) in [5.41, 5.74) is 3.11. The molecule has 0 radical (unpaired) electrons. The van der Waals surface area contributed by atoms with Crippen molar-refractivity contribution in [3.8, 4) is 11.6 Å². The van der Waals surface area contributed by atoms with Gasteiger partial charge in [0, 0.05) is 43.6 Å². The van der Waals surface area contributed by atoms with Gasteiger partial charge in [0.05, 0.1) is 11.9 Å². The maximum absolute atomic E-state index is 13.6. The van der Waals surface area contributed by atoms with Crippen LogP contribution in [0.4, 0.5) is 26.2 Å². The van der Waals surface area contributed by atoms with Crippen molar-refractivity contribution in [3.05, 3.63) is 89.7 Å². The number of aryl methyl sites for hydroxylation is 2. The Bertz CT molecular complexity index is 1640. The molecule has 2 amide bonds. The van der Waals surface area contributed by atoms with E-state index in [0.717, 1.165) is 37.8 Å². The Labute approximate surface area is 261 Å². The van der Waals surface area contributed by atoms with Crippen molar-refractivity contribution in [1.82, 2.24) is 20.4 Å². The maximum Gasteiger partial charge on any atom is 0.326 e. The molecule has 1 fully saturated rings. The second-order valence-corrected chi connectivity index (χ2v) is 12.2. The van der Waals surface area contributed by atoms with Crippen LogP contribution in [0.15, 0.2) is 71.4 Å². The average Bonchev–Trinajstić information content (AvgIpc) is 3.29. The van der Waals surface area contributed by atoms with Crippen molar-refractivity contribution in [2.45, 2.75) is 39.3 Å². The van der Waals surface area contributed by atoms with E-state index in [4.69, 9.17) is 9.26 Å². The first kappa shape index (κ1) is 32.7. The standard InChI is InChI=1S/C30H33FN6O5S.ClH/c1-20-29(21(2)42-34-20)37(26-9-5-23(31)6-10-26)30(38)33-24-14-16-36(17-15-24)19-22-4-13-28(32-18-22)41-27-11-7-25(8-12-27)35-43(3,39)40;/h4-13,18,24,35H,14-17,19H2,1-3H3,(H,33,38);1H. The van der Waals surface area contributed by atoms with Gasteiger partial charge in [-0.2, -0.15) is 0 Å². The van der Waals surface area contributed by atoms with E-state index < -0.39 is 10.0 Å². The van der Waals surface area contributed by atoms with Crippen LogP contribution in [0.1, 0.15) is 29.9 Å². The topological polar surface area (TPSA) is 130 Å². The van der Waals surface area contributed by atoms with Crippen molar-refractivity contribution in [1.29, 1.82) is 0 Å². The van der Waals surface area contributed by atoms with Gasteiger partial charge in [0.1, 0.15) is 22.9 Å². The molecular weight excluding hydrogens is 611 g/mol. The van der Waals surface area contributed by atoms with E-state index in [1.165, 1.54) is 17.0 Å². The van der Waals surface area contributed by atoms with E-state index in [1.54, 1.807) is 62.5 Å². The molecule has 3 heterocycles. The van der Waals surface area contributed by atoms with Crippen LogP contribution in [0.3, 0.4) is 0 Å². The number of benzene rings is 2. The van der Waals surface area contributed by atoms with Gasteiger partial charge in [0.15, 0.2) is 5.76 Å². The molecule has 5 rings (SSSR count). The summed E-state index contributed by atoms with van der Waals surface area (Å²) < 4.78 is 49.8. The average molecular weight is 645 g/mol. The molecule has 2 aromatic carbocycles. The number of sulfonamides is 1. The molecule has 0 bridgehead atoms. The number of anilines is 3. The summed E-state index contributed by atoms with van der Waals surface area (Å²) in [6, 6.07) is 15.7. The minimum Gasteiger partial charge on any atom is -0.439 e. The molecule has 2 N–H and O–H groups in total. The van der Waals surface area contributed by atoms with Crippen LogP contribution in [0, 0.1) is 19.7 Å². The number of carbonyl (C=O) groups is 1. The van der Waals surface area contributed by atoms with E-state index in [2.05, 4.69) is 25.1 Å². The number of urea groups is 1. The third-order valence-corrected chi connectivity index (χ3v) is 7.61. The van der Waals surface area contributed by atoms with Gasteiger partial charge < -0.3 is 14.6 Å². The number of amides is 2. The first-order valence-electron chi connectivity index (χ1n) is 13.8. The number of nitrogens with one attached hydrogen (secondary N) is 2. The molecule has 234 valence electrons. The summed E-state index contributed by atoms with van der Waals surface area (Å²) >= 11 is 0. The first-order valence-corrected chi connectivity index (χ1v) is 15.7. The predicted molar refractivity (Wildman–Crippen MR) is 168 cm³/mol. The number of likely N-dealkylation sites (tertiary alicyclic amines) is 1. The van der Waals surface area contributed by atoms with Gasteiger partial charge in [-0.1, -0.05) is 11.2 Å². The van der Waals surface area contributed by atoms with E-state index in [9.17, 15) is 17.6 Å². The zero-order chi connectivity index (χ0) is 30.6. The van der Waals surface area contributed by atoms with Crippen LogP contribution in [-0.4, -0.2) is 54.9 Å². The zero-order valence-electron chi connectivity index (χ0n) is 24.5. The van der Waals surface area contributed by atoms with E-state index in [0.29, 0.717) is 46.7 Å². The predicted octanol–water partition coefficient (Wildman–Crippen LogP) is 5.92. The minimum atomic E-state index is -3.34. The molecule has 1 saturated heterocycles. The van der Waals surface area contributed by atoms with Crippen LogP contribution < -0.4 is 19.7 Å². The first-order chi connectivity index (χ1) is 20.5. The number of halogens is 2. The SMILES string of the molecule is Cc1noc(C)c1N(C(=O)NC1CCN(Cc2ccc(Oc3ccc(NS(C)(=O)=O)cc3)nc2)CC1)c1ccc(F)cc1.Cl. The van der Waals surface area contributed by atoms with Gasteiger partial charge in [0.2, 0.25) is 15.9 Å². The number of carbonyl (C=O) groups excluding carboxylic acids is 1. The molecular formula is C30H34ClFN6O5S. The van der Waals surface area contributed by atoms with Crippen molar-refractivity contribution >= 4 is 45.5 Å². The fraction of sp³-hybridized carbons (Fsp3) is 0.300. The summed E-state index contributed by atoms with van der Waals surface area (Å²) in [6.07, 6.45) is 4.40. The second-order valence-electron chi connectivity index (χ2n) is 10.5. The Hall–Kier alpha value is -4.20. The smallest absolute Gasteiger partial charge is 0.326 e. The molecule has 1 aliphatic heterocycles. The molecule has 2 aromatic heterocycles. The summed E-state index contributed by atoms with van der Waals surface area (Å²) in [4.78, 5) is 21.7. The fourth-order valence-electron chi connectivity index (χ4n) is 4.96. The molecule has 14 heteroatoms. The Balaban J connectivity index is 0.00000442. The number of pyridine rings is 1. The number of piperidine rings is 1. The third kappa shape index (κ3) is 8.46.